The van der Waals surface area contributed by atoms with Gasteiger partial charge >= 0.3 is 0 Å². The molecule has 1 aliphatic carbocycles. The summed E-state index contributed by atoms with van der Waals surface area (Å²) in [5.74, 6) is 1.35. The maximum absolute atomic E-state index is 9.61. The highest BCUT2D eigenvalue weighted by Crippen LogP contribution is 2.33. The highest BCUT2D eigenvalue weighted by molar-refractivity contribution is 5.04. The first-order valence-electron chi connectivity index (χ1n) is 4.18. The predicted molar refractivity (Wildman–Crippen MR) is 42.6 cm³/mol. The minimum Gasteiger partial charge on any atom is -0.390 e. The second kappa shape index (κ2) is 2.91. The zero-order chi connectivity index (χ0) is 7.61. The van der Waals surface area contributed by atoms with Crippen molar-refractivity contribution in [2.75, 3.05) is 0 Å². The Labute approximate surface area is 63.4 Å². The number of hydrogen-bond donors (Lipinski definition) is 1. The van der Waals surface area contributed by atoms with Gasteiger partial charge in [0.25, 0.3) is 0 Å². The van der Waals surface area contributed by atoms with Crippen LogP contribution in [0.15, 0.2) is 0 Å². The van der Waals surface area contributed by atoms with Crippen LogP contribution in [0.5, 0.6) is 0 Å². The van der Waals surface area contributed by atoms with Gasteiger partial charge in [-0.25, -0.2) is 0 Å². The van der Waals surface area contributed by atoms with E-state index in [9.17, 15) is 5.11 Å². The molecule has 0 aromatic heterocycles. The molecule has 1 aliphatic rings. The van der Waals surface area contributed by atoms with Crippen molar-refractivity contribution < 1.29 is 5.11 Å². The Balaban J connectivity index is 2.39. The summed E-state index contributed by atoms with van der Waals surface area (Å²) in [6.45, 7) is 3.79. The van der Waals surface area contributed by atoms with Crippen LogP contribution in [0.2, 0.25) is 0 Å². The summed E-state index contributed by atoms with van der Waals surface area (Å²) in [5.41, 5.74) is -0.513. The molecule has 10 heavy (non-hydrogen) atoms. The Morgan fingerprint density at radius 3 is 1.90 bits per heavy atom. The molecule has 0 spiro atoms. The molecule has 0 saturated heterocycles. The van der Waals surface area contributed by atoms with Gasteiger partial charge in [-0.15, -0.1) is 0 Å². The van der Waals surface area contributed by atoms with Crippen LogP contribution < -0.4 is 0 Å². The van der Waals surface area contributed by atoms with Gasteiger partial charge in [-0.3, -0.25) is 0 Å². The smallest absolute Gasteiger partial charge is 0.0654 e. The van der Waals surface area contributed by atoms with Gasteiger partial charge in [-0.05, 0) is 26.7 Å². The van der Waals surface area contributed by atoms with Gasteiger partial charge in [0, 0.05) is 5.92 Å². The van der Waals surface area contributed by atoms with Crippen molar-refractivity contribution in [2.24, 2.45) is 0 Å². The molecule has 1 radical (unpaired) electrons. The summed E-state index contributed by atoms with van der Waals surface area (Å²) in [4.78, 5) is 0. The predicted octanol–water partition coefficient (Wildman–Crippen LogP) is 2.30. The van der Waals surface area contributed by atoms with Crippen molar-refractivity contribution in [3.05, 3.63) is 5.92 Å². The Hall–Kier alpha value is -0.0400. The third kappa shape index (κ3) is 1.98. The van der Waals surface area contributed by atoms with Gasteiger partial charge in [-0.2, -0.15) is 0 Å². The van der Waals surface area contributed by atoms with E-state index < -0.39 is 5.60 Å². The zero-order valence-electron chi connectivity index (χ0n) is 6.98. The van der Waals surface area contributed by atoms with Crippen LogP contribution in [-0.2, 0) is 0 Å². The van der Waals surface area contributed by atoms with Gasteiger partial charge in [-0.1, -0.05) is 19.3 Å². The number of aliphatic hydroxyl groups is 1. The standard InChI is InChI=1S/C9H17O/c1-9(2,10)8-6-4-3-5-7-8/h10H,3-7H2,1-2H3. The molecule has 0 aromatic rings. The normalized spacial score (nSPS) is 23.1. The average Bonchev–Trinajstić information content (AvgIpc) is 1.88. The van der Waals surface area contributed by atoms with E-state index in [2.05, 4.69) is 0 Å². The summed E-state index contributed by atoms with van der Waals surface area (Å²) >= 11 is 0. The van der Waals surface area contributed by atoms with Crippen molar-refractivity contribution in [1.82, 2.24) is 0 Å². The van der Waals surface area contributed by atoms with E-state index in [-0.39, 0.29) is 0 Å². The van der Waals surface area contributed by atoms with E-state index in [0.29, 0.717) is 0 Å². The molecule has 1 nitrogen and oxygen atoms in total. The number of hydrogen-bond acceptors (Lipinski definition) is 1. The summed E-state index contributed by atoms with van der Waals surface area (Å²) in [6.07, 6.45) is 6.19. The minimum absolute atomic E-state index is 0.513. The fourth-order valence-electron chi connectivity index (χ4n) is 1.59. The van der Waals surface area contributed by atoms with Crippen LogP contribution in [-0.4, -0.2) is 10.7 Å². The van der Waals surface area contributed by atoms with E-state index >= 15 is 0 Å². The maximum atomic E-state index is 9.61. The quantitative estimate of drug-likeness (QED) is 0.594. The lowest BCUT2D eigenvalue weighted by molar-refractivity contribution is 0.0793. The van der Waals surface area contributed by atoms with E-state index in [4.69, 9.17) is 0 Å². The minimum atomic E-state index is -0.513. The van der Waals surface area contributed by atoms with Crippen molar-refractivity contribution >= 4 is 0 Å². The van der Waals surface area contributed by atoms with Crippen LogP contribution in [0.3, 0.4) is 0 Å². The lowest BCUT2D eigenvalue weighted by Crippen LogP contribution is -2.30. The lowest BCUT2D eigenvalue weighted by atomic mass is 9.79. The van der Waals surface area contributed by atoms with Gasteiger partial charge < -0.3 is 5.11 Å². The average molecular weight is 141 g/mol. The molecular formula is C9H17O. The Bertz CT molecular complexity index is 95.8. The Kier molecular flexibility index (Phi) is 2.35. The van der Waals surface area contributed by atoms with Crippen LogP contribution in [0.25, 0.3) is 0 Å². The maximum Gasteiger partial charge on any atom is 0.0654 e. The van der Waals surface area contributed by atoms with Crippen LogP contribution >= 0.6 is 0 Å². The Morgan fingerprint density at radius 2 is 1.60 bits per heavy atom. The van der Waals surface area contributed by atoms with Crippen molar-refractivity contribution in [3.8, 4) is 0 Å². The largest absolute Gasteiger partial charge is 0.390 e. The third-order valence-electron chi connectivity index (χ3n) is 2.32. The molecule has 0 bridgehead atoms. The molecule has 1 heteroatoms. The molecule has 0 atom stereocenters. The Morgan fingerprint density at radius 1 is 1.10 bits per heavy atom. The summed E-state index contributed by atoms with van der Waals surface area (Å²) < 4.78 is 0. The molecule has 1 rings (SSSR count). The molecule has 1 N–H and O–H groups in total. The highest BCUT2D eigenvalue weighted by Gasteiger charge is 2.28. The van der Waals surface area contributed by atoms with Crippen LogP contribution in [0.1, 0.15) is 46.0 Å². The zero-order valence-corrected chi connectivity index (χ0v) is 6.98. The number of rotatable bonds is 1. The summed E-state index contributed by atoms with van der Waals surface area (Å²) in [7, 11) is 0. The molecule has 1 fully saturated rings. The van der Waals surface area contributed by atoms with Crippen molar-refractivity contribution in [2.45, 2.75) is 51.6 Å². The molecule has 1 saturated carbocycles. The molecule has 0 heterocycles. The topological polar surface area (TPSA) is 20.2 Å². The molecule has 0 aliphatic heterocycles. The second-order valence-corrected chi connectivity index (χ2v) is 3.72. The second-order valence-electron chi connectivity index (χ2n) is 3.72. The summed E-state index contributed by atoms with van der Waals surface area (Å²) in [5, 5.41) is 9.61. The SMILES string of the molecule is CC(C)(O)[C]1CCCCC1. The lowest BCUT2D eigenvalue weighted by Gasteiger charge is -2.31. The fourth-order valence-corrected chi connectivity index (χ4v) is 1.59. The van der Waals surface area contributed by atoms with E-state index in [1.807, 2.05) is 13.8 Å². The molecule has 0 unspecified atom stereocenters. The first kappa shape index (κ1) is 8.06. The third-order valence-corrected chi connectivity index (χ3v) is 2.32. The van der Waals surface area contributed by atoms with Gasteiger partial charge in [0.15, 0.2) is 0 Å². The van der Waals surface area contributed by atoms with E-state index in [1.54, 1.807) is 0 Å². The van der Waals surface area contributed by atoms with Crippen LogP contribution in [0, 0.1) is 5.92 Å². The first-order valence-corrected chi connectivity index (χ1v) is 4.18. The van der Waals surface area contributed by atoms with Crippen molar-refractivity contribution in [3.63, 3.8) is 0 Å². The summed E-state index contributed by atoms with van der Waals surface area (Å²) in [6, 6.07) is 0. The van der Waals surface area contributed by atoms with E-state index in [0.717, 1.165) is 12.8 Å². The molecular weight excluding hydrogens is 124 g/mol. The molecule has 0 aromatic carbocycles. The van der Waals surface area contributed by atoms with Gasteiger partial charge in [0.05, 0.1) is 5.60 Å². The molecule has 0 amide bonds. The first-order chi connectivity index (χ1) is 4.61. The highest BCUT2D eigenvalue weighted by atomic mass is 16.3. The van der Waals surface area contributed by atoms with E-state index in [1.165, 1.54) is 25.2 Å². The monoisotopic (exact) mass is 141 g/mol. The van der Waals surface area contributed by atoms with Crippen LogP contribution in [0.4, 0.5) is 0 Å². The van der Waals surface area contributed by atoms with Gasteiger partial charge in [0.1, 0.15) is 0 Å². The van der Waals surface area contributed by atoms with Gasteiger partial charge in [0.2, 0.25) is 0 Å². The molecule has 59 valence electrons. The fraction of sp³-hybridized carbons (Fsp3) is 0.889. The van der Waals surface area contributed by atoms with Crippen molar-refractivity contribution in [1.29, 1.82) is 0 Å².